The molecule has 2 aromatic carbocycles. The lowest BCUT2D eigenvalue weighted by Crippen LogP contribution is -2.44. The molecule has 0 aliphatic carbocycles. The van der Waals surface area contributed by atoms with Crippen molar-refractivity contribution in [3.05, 3.63) is 52.5 Å². The second-order valence-corrected chi connectivity index (χ2v) is 7.77. The molecule has 1 fully saturated rings. The van der Waals surface area contributed by atoms with E-state index in [-0.39, 0.29) is 40.5 Å². The number of benzene rings is 2. The molecule has 9 heteroatoms. The number of carbonyl (C=O) groups is 2. The predicted octanol–water partition coefficient (Wildman–Crippen LogP) is 3.18. The summed E-state index contributed by atoms with van der Waals surface area (Å²) in [6.45, 7) is 1.78. The normalized spacial score (nSPS) is 18.9. The van der Waals surface area contributed by atoms with Crippen LogP contribution in [0.3, 0.4) is 0 Å². The molecule has 1 aliphatic rings. The number of aromatic hydroxyl groups is 2. The zero-order valence-corrected chi connectivity index (χ0v) is 17.3. The summed E-state index contributed by atoms with van der Waals surface area (Å²) in [6.07, 6.45) is -0.124. The molecule has 28 heavy (non-hydrogen) atoms. The third kappa shape index (κ3) is 4.32. The highest BCUT2D eigenvalue weighted by Gasteiger charge is 2.41. The Morgan fingerprint density at radius 2 is 1.93 bits per heavy atom. The summed E-state index contributed by atoms with van der Waals surface area (Å²) in [6, 6.07) is 10.7. The number of ketones is 1. The lowest BCUT2D eigenvalue weighted by atomic mass is 9.93. The van der Waals surface area contributed by atoms with Gasteiger partial charge in [0.05, 0.1) is 11.5 Å². The number of hydrazine groups is 1. The van der Waals surface area contributed by atoms with Crippen molar-refractivity contribution in [3.63, 3.8) is 0 Å². The van der Waals surface area contributed by atoms with Crippen molar-refractivity contribution in [1.82, 2.24) is 10.4 Å². The number of carbonyl (C=O) groups excluding carboxylic acids is 2. The number of phenolic OH excluding ortho intramolecular Hbond substituents is 2. The van der Waals surface area contributed by atoms with Gasteiger partial charge < -0.3 is 15.5 Å². The summed E-state index contributed by atoms with van der Waals surface area (Å²) < 4.78 is 0.918. The largest absolute Gasteiger partial charge is 0.508 e. The average molecular weight is 464 g/mol. The lowest BCUT2D eigenvalue weighted by Gasteiger charge is -2.18. The maximum atomic E-state index is 12.8. The molecule has 1 heterocycles. The summed E-state index contributed by atoms with van der Waals surface area (Å²) >= 11 is 8.67. The van der Waals surface area contributed by atoms with Gasteiger partial charge in [0.25, 0.3) is 0 Å². The molecule has 0 spiro atoms. The Balaban J connectivity index is 1.69. The number of phenols is 2. The fourth-order valence-electron chi connectivity index (χ4n) is 2.93. The molecule has 7 nitrogen and oxygen atoms in total. The van der Waals surface area contributed by atoms with Gasteiger partial charge in [-0.1, -0.05) is 15.9 Å². The highest BCUT2D eigenvalue weighted by atomic mass is 79.9. The Morgan fingerprint density at radius 3 is 2.61 bits per heavy atom. The van der Waals surface area contributed by atoms with Crippen LogP contribution in [-0.4, -0.2) is 38.1 Å². The Morgan fingerprint density at radius 1 is 1.25 bits per heavy atom. The summed E-state index contributed by atoms with van der Waals surface area (Å²) in [4.78, 5) is 25.3. The van der Waals surface area contributed by atoms with Gasteiger partial charge in [-0.2, -0.15) is 0 Å². The minimum atomic E-state index is -0.654. The van der Waals surface area contributed by atoms with Crippen molar-refractivity contribution in [1.29, 1.82) is 0 Å². The molecule has 1 saturated heterocycles. The zero-order chi connectivity index (χ0) is 20.4. The van der Waals surface area contributed by atoms with E-state index < -0.39 is 11.7 Å². The number of nitrogens with zero attached hydrogens (tertiary/aromatic N) is 1. The molecule has 0 saturated carbocycles. The first kappa shape index (κ1) is 20.2. The monoisotopic (exact) mass is 463 g/mol. The van der Waals surface area contributed by atoms with Gasteiger partial charge in [0.2, 0.25) is 5.91 Å². The van der Waals surface area contributed by atoms with Gasteiger partial charge >= 0.3 is 0 Å². The molecular weight excluding hydrogens is 446 g/mol. The van der Waals surface area contributed by atoms with Crippen LogP contribution in [0.15, 0.2) is 46.9 Å². The van der Waals surface area contributed by atoms with E-state index in [9.17, 15) is 19.8 Å². The number of thiocarbonyl (C=S) groups is 1. The molecule has 146 valence electrons. The van der Waals surface area contributed by atoms with Crippen molar-refractivity contribution < 1.29 is 19.8 Å². The fourth-order valence-corrected chi connectivity index (χ4v) is 3.45. The highest BCUT2D eigenvalue weighted by Crippen LogP contribution is 2.28. The Kier molecular flexibility index (Phi) is 5.97. The summed E-state index contributed by atoms with van der Waals surface area (Å²) in [5.41, 5.74) is 3.68. The van der Waals surface area contributed by atoms with Crippen LogP contribution >= 0.6 is 28.1 Å². The van der Waals surface area contributed by atoms with Crippen LogP contribution in [0.25, 0.3) is 0 Å². The number of nitrogens with one attached hydrogen (secondary N) is 2. The van der Waals surface area contributed by atoms with Gasteiger partial charge in [-0.25, -0.2) is 10.4 Å². The van der Waals surface area contributed by atoms with Crippen molar-refractivity contribution in [2.24, 2.45) is 5.92 Å². The van der Waals surface area contributed by atoms with Crippen molar-refractivity contribution in [3.8, 4) is 11.5 Å². The Labute approximate surface area is 175 Å². The maximum Gasteiger partial charge on any atom is 0.248 e. The molecular formula is C19H18BrN3O4S. The third-order valence-electron chi connectivity index (χ3n) is 4.46. The number of amides is 1. The summed E-state index contributed by atoms with van der Waals surface area (Å²) in [5, 5.41) is 23.8. The Bertz CT molecular complexity index is 935. The van der Waals surface area contributed by atoms with Crippen molar-refractivity contribution in [2.45, 2.75) is 19.4 Å². The molecule has 1 aliphatic heterocycles. The van der Waals surface area contributed by atoms with Crippen molar-refractivity contribution in [2.75, 3.05) is 5.32 Å². The molecule has 3 rings (SSSR count). The number of hydrogen-bond acceptors (Lipinski definition) is 6. The topological polar surface area (TPSA) is 102 Å². The van der Waals surface area contributed by atoms with Gasteiger partial charge in [-0.05, 0) is 61.6 Å². The van der Waals surface area contributed by atoms with Crippen LogP contribution in [0, 0.1) is 5.92 Å². The molecule has 2 aromatic rings. The molecule has 0 aromatic heterocycles. The number of halogens is 1. The van der Waals surface area contributed by atoms with E-state index in [2.05, 4.69) is 26.7 Å². The van der Waals surface area contributed by atoms with Gasteiger partial charge in [0.15, 0.2) is 10.9 Å². The first-order chi connectivity index (χ1) is 13.3. The van der Waals surface area contributed by atoms with E-state index in [1.807, 2.05) is 24.3 Å². The van der Waals surface area contributed by atoms with Crippen LogP contribution in [-0.2, 0) is 4.79 Å². The van der Waals surface area contributed by atoms with Gasteiger partial charge in [-0.15, -0.1) is 0 Å². The number of Topliss-reactive ketones (excluding diaryl/α,β-unsaturated/α-hetero) is 1. The van der Waals surface area contributed by atoms with Crippen LogP contribution in [0.2, 0.25) is 0 Å². The van der Waals surface area contributed by atoms with Crippen LogP contribution < -0.4 is 10.7 Å². The fraction of sp³-hybridized carbons (Fsp3) is 0.211. The number of rotatable bonds is 4. The molecule has 0 bridgehead atoms. The second-order valence-electron chi connectivity index (χ2n) is 6.46. The molecule has 2 atom stereocenters. The van der Waals surface area contributed by atoms with Crippen LogP contribution in [0.4, 0.5) is 5.69 Å². The van der Waals surface area contributed by atoms with E-state index in [1.54, 1.807) is 6.92 Å². The van der Waals surface area contributed by atoms with Gasteiger partial charge in [0, 0.05) is 22.6 Å². The molecule has 4 N–H and O–H groups in total. The van der Waals surface area contributed by atoms with Crippen molar-refractivity contribution >= 4 is 50.6 Å². The SMILES string of the molecule is CC1NN(C(=S)Nc2ccc(Br)cc2)C(=O)C1CC(=O)c1cc(O)ccc1O. The van der Waals surface area contributed by atoms with E-state index in [0.29, 0.717) is 0 Å². The molecule has 0 radical (unpaired) electrons. The second kappa shape index (κ2) is 8.26. The number of hydrogen-bond donors (Lipinski definition) is 4. The first-order valence-corrected chi connectivity index (χ1v) is 9.68. The summed E-state index contributed by atoms with van der Waals surface area (Å²) in [5.74, 6) is -1.80. The highest BCUT2D eigenvalue weighted by molar-refractivity contribution is 9.10. The minimum absolute atomic E-state index is 0.0194. The quantitative estimate of drug-likeness (QED) is 0.313. The van der Waals surface area contributed by atoms with Crippen LogP contribution in [0.1, 0.15) is 23.7 Å². The standard InChI is InChI=1S/C19H18BrN3O4S/c1-10-14(9-17(26)15-8-13(24)6-7-16(15)25)18(27)23(22-10)19(28)21-12-4-2-11(20)3-5-12/h2-8,10,14,22,24-25H,9H2,1H3,(H,21,28). The molecule has 2 unspecified atom stereocenters. The number of anilines is 1. The van der Waals surface area contributed by atoms with E-state index in [0.717, 1.165) is 10.2 Å². The van der Waals surface area contributed by atoms with Crippen LogP contribution in [0.5, 0.6) is 11.5 Å². The molecule has 1 amide bonds. The summed E-state index contributed by atoms with van der Waals surface area (Å²) in [7, 11) is 0. The average Bonchev–Trinajstić information content (AvgIpc) is 2.93. The predicted molar refractivity (Wildman–Crippen MR) is 112 cm³/mol. The van der Waals surface area contributed by atoms with Gasteiger partial charge in [-0.3, -0.25) is 9.59 Å². The minimum Gasteiger partial charge on any atom is -0.508 e. The van der Waals surface area contributed by atoms with E-state index >= 15 is 0 Å². The zero-order valence-electron chi connectivity index (χ0n) is 14.8. The lowest BCUT2D eigenvalue weighted by molar-refractivity contribution is -0.128. The van der Waals surface area contributed by atoms with Gasteiger partial charge in [0.1, 0.15) is 11.5 Å². The third-order valence-corrected chi connectivity index (χ3v) is 5.27. The first-order valence-electron chi connectivity index (χ1n) is 8.48. The van der Waals surface area contributed by atoms with E-state index in [1.165, 1.54) is 23.2 Å². The maximum absolute atomic E-state index is 12.8. The smallest absolute Gasteiger partial charge is 0.248 e. The van der Waals surface area contributed by atoms with E-state index in [4.69, 9.17) is 12.2 Å². The Hall–Kier alpha value is -2.49.